The molecule has 0 bridgehead atoms. The Kier molecular flexibility index (Phi) is 11.6. The number of urea groups is 1. The molecule has 4 aromatic rings. The molecule has 10 nitrogen and oxygen atoms in total. The third-order valence-corrected chi connectivity index (χ3v) is 8.53. The van der Waals surface area contributed by atoms with Gasteiger partial charge in [-0.15, -0.1) is 0 Å². The van der Waals surface area contributed by atoms with Gasteiger partial charge in [0, 0.05) is 31.9 Å². The molecule has 13 heteroatoms. The lowest BCUT2D eigenvalue weighted by Crippen LogP contribution is -2.57. The summed E-state index contributed by atoms with van der Waals surface area (Å²) in [5.74, 6) is -2.46. The van der Waals surface area contributed by atoms with Gasteiger partial charge in [-0.1, -0.05) is 60.7 Å². The van der Waals surface area contributed by atoms with Crippen LogP contribution < -0.4 is 24.6 Å². The van der Waals surface area contributed by atoms with Crippen molar-refractivity contribution in [1.29, 1.82) is 0 Å². The first kappa shape index (κ1) is 35.7. The zero-order valence-electron chi connectivity index (χ0n) is 26.9. The Hall–Kier alpha value is -5.14. The summed E-state index contributed by atoms with van der Waals surface area (Å²) in [6.45, 7) is 3.33. The average molecular weight is 678 g/mol. The Balaban J connectivity index is 1.55. The summed E-state index contributed by atoms with van der Waals surface area (Å²) >= 11 is 0. The Bertz CT molecular complexity index is 1840. The van der Waals surface area contributed by atoms with Gasteiger partial charge in [0.05, 0.1) is 0 Å². The quantitative estimate of drug-likeness (QED) is 0.203. The number of carbonyl (C=O) groups excluding carboxylic acids is 3. The summed E-state index contributed by atoms with van der Waals surface area (Å²) in [6.07, 6.45) is -0.0972. The molecule has 4 amide bonds. The van der Waals surface area contributed by atoms with Crippen molar-refractivity contribution in [2.45, 2.75) is 38.8 Å². The topological polar surface area (TPSA) is 128 Å². The van der Waals surface area contributed by atoms with Crippen molar-refractivity contribution in [3.05, 3.63) is 131 Å². The van der Waals surface area contributed by atoms with Gasteiger partial charge in [-0.05, 0) is 78.9 Å². The number of halogens is 2. The number of hydrogen-bond acceptors (Lipinski definition) is 5. The molecule has 0 radical (unpaired) electrons. The maximum absolute atomic E-state index is 14.1. The summed E-state index contributed by atoms with van der Waals surface area (Å²) in [5, 5.41) is 2.42. The van der Waals surface area contributed by atoms with Crippen LogP contribution >= 0.6 is 0 Å². The number of likely N-dealkylation sites (N-methyl/N-ethyl adjacent to an activating group) is 2. The Morgan fingerprint density at radius 3 is 1.52 bits per heavy atom. The molecule has 4 aromatic carbocycles. The lowest BCUT2D eigenvalue weighted by molar-refractivity contribution is -0.120. The van der Waals surface area contributed by atoms with Gasteiger partial charge in [0.1, 0.15) is 23.7 Å². The van der Waals surface area contributed by atoms with Gasteiger partial charge in [-0.25, -0.2) is 18.3 Å². The Morgan fingerprint density at radius 1 is 0.667 bits per heavy atom. The minimum absolute atomic E-state index is 0.00777. The molecular weight excluding hydrogens is 640 g/mol. The third-order valence-electron chi connectivity index (χ3n) is 7.48. The second-order valence-electron chi connectivity index (χ2n) is 11.4. The van der Waals surface area contributed by atoms with Crippen LogP contribution in [-0.4, -0.2) is 52.4 Å². The maximum atomic E-state index is 14.1. The highest BCUT2D eigenvalue weighted by Crippen LogP contribution is 2.20. The largest absolute Gasteiger partial charge is 0.330 e. The van der Waals surface area contributed by atoms with E-state index in [-0.39, 0.29) is 24.2 Å². The molecule has 3 N–H and O–H groups in total. The lowest BCUT2D eigenvalue weighted by Gasteiger charge is -2.26. The van der Waals surface area contributed by atoms with Crippen LogP contribution in [0.3, 0.4) is 0 Å². The number of benzene rings is 4. The summed E-state index contributed by atoms with van der Waals surface area (Å²) in [5.41, 5.74) is 2.87. The molecule has 4 rings (SSSR count). The second-order valence-corrected chi connectivity index (χ2v) is 12.9. The summed E-state index contributed by atoms with van der Waals surface area (Å²) in [6, 6.07) is 21.6. The van der Waals surface area contributed by atoms with E-state index in [1.807, 2.05) is 4.72 Å². The van der Waals surface area contributed by atoms with Crippen molar-refractivity contribution < 1.29 is 31.6 Å². The first-order chi connectivity index (χ1) is 22.7. The molecule has 0 unspecified atom stereocenters. The number of nitrogens with one attached hydrogen (secondary N) is 3. The van der Waals surface area contributed by atoms with Gasteiger partial charge in [-0.3, -0.25) is 9.59 Å². The smallest absolute Gasteiger partial charge is 0.325 e. The summed E-state index contributed by atoms with van der Waals surface area (Å²) < 4.78 is 59.0. The van der Waals surface area contributed by atoms with Crippen molar-refractivity contribution >= 4 is 39.4 Å². The number of anilines is 2. The van der Waals surface area contributed by atoms with Crippen LogP contribution in [0.1, 0.15) is 22.3 Å². The fourth-order valence-electron chi connectivity index (χ4n) is 5.15. The minimum Gasteiger partial charge on any atom is -0.325 e. The van der Waals surface area contributed by atoms with Crippen LogP contribution in [0.25, 0.3) is 0 Å². The van der Waals surface area contributed by atoms with Crippen LogP contribution in [0.2, 0.25) is 0 Å². The van der Waals surface area contributed by atoms with Crippen LogP contribution in [0.15, 0.2) is 97.1 Å². The Labute approximate surface area is 278 Å². The molecule has 252 valence electrons. The summed E-state index contributed by atoms with van der Waals surface area (Å²) in [4.78, 5) is 42.7. The van der Waals surface area contributed by atoms with Gasteiger partial charge in [0.25, 0.3) is 0 Å². The van der Waals surface area contributed by atoms with Gasteiger partial charge in [-0.2, -0.15) is 13.1 Å². The molecule has 0 aliphatic rings. The first-order valence-electron chi connectivity index (χ1n) is 15.0. The average Bonchev–Trinajstić information content (AvgIpc) is 3.02. The van der Waals surface area contributed by atoms with E-state index in [0.29, 0.717) is 22.3 Å². The van der Waals surface area contributed by atoms with Crippen LogP contribution in [0.4, 0.5) is 25.0 Å². The van der Waals surface area contributed by atoms with Crippen molar-refractivity contribution in [2.75, 3.05) is 23.9 Å². The maximum Gasteiger partial charge on any atom is 0.330 e. The number of hydrogen-bond donors (Lipinski definition) is 3. The van der Waals surface area contributed by atoms with E-state index >= 15 is 0 Å². The van der Waals surface area contributed by atoms with Crippen LogP contribution in [0, 0.1) is 25.5 Å². The standard InChI is InChI=1S/C35H37F2N5O5S/c1-23-15-27(36)21-29(17-23)41(3)33(43)31(19-25-11-7-5-8-12-25)38-35(45)40-48(46,47)39-32(20-26-13-9-6-10-14-26)34(44)42(4)30-18-24(2)16-28(37)22-30/h5-18,21-22,31-32,39H,19-20H2,1-4H3,(H2,38,40,45)/t31-,32-/m0/s1. The molecule has 0 saturated carbocycles. The number of carbonyl (C=O) groups is 3. The van der Waals surface area contributed by atoms with E-state index < -0.39 is 51.8 Å². The SMILES string of the molecule is Cc1cc(F)cc(N(C)C(=O)[C@H](Cc2ccccc2)NC(=O)NS(=O)(=O)N[C@@H](Cc2ccccc2)C(=O)N(C)c2cc(C)cc(F)c2)c1. The van der Waals surface area contributed by atoms with E-state index in [1.165, 1.54) is 37.2 Å². The highest BCUT2D eigenvalue weighted by Gasteiger charge is 2.31. The summed E-state index contributed by atoms with van der Waals surface area (Å²) in [7, 11) is -1.91. The minimum atomic E-state index is -4.71. The highest BCUT2D eigenvalue weighted by molar-refractivity contribution is 7.88. The van der Waals surface area contributed by atoms with Gasteiger partial charge >= 0.3 is 16.2 Å². The fourth-order valence-corrected chi connectivity index (χ4v) is 6.07. The second kappa shape index (κ2) is 15.6. The molecule has 48 heavy (non-hydrogen) atoms. The highest BCUT2D eigenvalue weighted by atomic mass is 32.2. The van der Waals surface area contributed by atoms with E-state index in [0.717, 1.165) is 11.0 Å². The van der Waals surface area contributed by atoms with Crippen molar-refractivity contribution in [3.8, 4) is 0 Å². The zero-order valence-corrected chi connectivity index (χ0v) is 27.7. The Morgan fingerprint density at radius 2 is 1.08 bits per heavy atom. The zero-order chi connectivity index (χ0) is 35.0. The number of nitrogens with zero attached hydrogens (tertiary/aromatic N) is 2. The predicted molar refractivity (Wildman–Crippen MR) is 181 cm³/mol. The molecule has 0 aliphatic heterocycles. The predicted octanol–water partition coefficient (Wildman–Crippen LogP) is 4.56. The van der Waals surface area contributed by atoms with Crippen molar-refractivity contribution in [3.63, 3.8) is 0 Å². The monoisotopic (exact) mass is 677 g/mol. The van der Waals surface area contributed by atoms with Gasteiger partial charge in [0.15, 0.2) is 0 Å². The molecular formula is C35H37F2N5O5S. The van der Waals surface area contributed by atoms with Crippen molar-refractivity contribution in [1.82, 2.24) is 14.8 Å². The molecule has 2 atom stereocenters. The van der Waals surface area contributed by atoms with Crippen LogP contribution in [0.5, 0.6) is 0 Å². The molecule has 0 aliphatic carbocycles. The number of rotatable bonds is 12. The molecule has 0 saturated heterocycles. The van der Waals surface area contributed by atoms with Crippen molar-refractivity contribution in [2.24, 2.45) is 0 Å². The number of amides is 4. The molecule has 0 spiro atoms. The fraction of sp³-hybridized carbons (Fsp3) is 0.229. The number of aryl methyl sites for hydroxylation is 2. The normalized spacial score (nSPS) is 12.5. The van der Waals surface area contributed by atoms with E-state index in [4.69, 9.17) is 0 Å². The molecule has 0 fully saturated rings. The van der Waals surface area contributed by atoms with Crippen LogP contribution in [-0.2, 0) is 32.6 Å². The van der Waals surface area contributed by atoms with Gasteiger partial charge in [0.2, 0.25) is 11.8 Å². The molecule has 0 heterocycles. The first-order valence-corrected chi connectivity index (χ1v) is 16.5. The molecule has 0 aromatic heterocycles. The third kappa shape index (κ3) is 9.93. The van der Waals surface area contributed by atoms with Gasteiger partial charge < -0.3 is 15.1 Å². The van der Waals surface area contributed by atoms with E-state index in [1.54, 1.807) is 86.6 Å². The van der Waals surface area contributed by atoms with E-state index in [2.05, 4.69) is 10.0 Å². The van der Waals surface area contributed by atoms with E-state index in [9.17, 15) is 31.6 Å². The lowest BCUT2D eigenvalue weighted by atomic mass is 10.0.